The van der Waals surface area contributed by atoms with Crippen LogP contribution >= 0.6 is 0 Å². The molecule has 29 heavy (non-hydrogen) atoms. The smallest absolute Gasteiger partial charge is 0.253 e. The van der Waals surface area contributed by atoms with Gasteiger partial charge < -0.3 is 9.64 Å². The molecule has 1 aliphatic rings. The van der Waals surface area contributed by atoms with Crippen LogP contribution in [0.1, 0.15) is 16.1 Å². The predicted molar refractivity (Wildman–Crippen MR) is 109 cm³/mol. The van der Waals surface area contributed by atoms with Crippen molar-refractivity contribution < 1.29 is 17.9 Å². The lowest BCUT2D eigenvalue weighted by Gasteiger charge is -2.34. The SMILES string of the molecule is COCCNS(=O)(=O)c1ccc(C(=O)N2CCN(Cc3ccccn3)CC2)cc1. The average molecular weight is 419 g/mol. The molecule has 1 amide bonds. The van der Waals surface area contributed by atoms with Crippen LogP contribution in [0.2, 0.25) is 0 Å². The highest BCUT2D eigenvalue weighted by atomic mass is 32.2. The van der Waals surface area contributed by atoms with E-state index in [1.807, 2.05) is 18.2 Å². The first-order chi connectivity index (χ1) is 14.0. The largest absolute Gasteiger partial charge is 0.383 e. The minimum atomic E-state index is -3.60. The van der Waals surface area contributed by atoms with E-state index in [9.17, 15) is 13.2 Å². The van der Waals surface area contributed by atoms with Crippen LogP contribution in [-0.4, -0.2) is 75.5 Å². The van der Waals surface area contributed by atoms with Crippen molar-refractivity contribution in [2.45, 2.75) is 11.4 Å². The van der Waals surface area contributed by atoms with Crippen LogP contribution in [0.25, 0.3) is 0 Å². The molecule has 1 aromatic heterocycles. The fourth-order valence-corrected chi connectivity index (χ4v) is 4.16. The summed E-state index contributed by atoms with van der Waals surface area (Å²) in [5, 5.41) is 0. The van der Waals surface area contributed by atoms with Crippen molar-refractivity contribution in [3.63, 3.8) is 0 Å². The lowest BCUT2D eigenvalue weighted by atomic mass is 10.2. The van der Waals surface area contributed by atoms with Gasteiger partial charge in [-0.25, -0.2) is 13.1 Å². The third-order valence-electron chi connectivity index (χ3n) is 4.78. The van der Waals surface area contributed by atoms with Gasteiger partial charge in [-0.15, -0.1) is 0 Å². The number of piperazine rings is 1. The molecule has 1 aromatic carbocycles. The summed E-state index contributed by atoms with van der Waals surface area (Å²) in [4.78, 5) is 21.3. The highest BCUT2D eigenvalue weighted by Gasteiger charge is 2.23. The van der Waals surface area contributed by atoms with Crippen molar-refractivity contribution in [1.82, 2.24) is 19.5 Å². The van der Waals surface area contributed by atoms with Crippen LogP contribution in [0.15, 0.2) is 53.6 Å². The summed E-state index contributed by atoms with van der Waals surface area (Å²) in [5.41, 5.74) is 1.50. The van der Waals surface area contributed by atoms with Gasteiger partial charge in [-0.3, -0.25) is 14.7 Å². The lowest BCUT2D eigenvalue weighted by molar-refractivity contribution is 0.0627. The van der Waals surface area contributed by atoms with Gasteiger partial charge in [-0.1, -0.05) is 6.07 Å². The first-order valence-electron chi connectivity index (χ1n) is 9.50. The molecule has 0 radical (unpaired) electrons. The number of nitrogens with one attached hydrogen (secondary N) is 1. The molecule has 0 spiro atoms. The Morgan fingerprint density at radius 1 is 1.10 bits per heavy atom. The van der Waals surface area contributed by atoms with Gasteiger partial charge >= 0.3 is 0 Å². The molecule has 9 heteroatoms. The summed E-state index contributed by atoms with van der Waals surface area (Å²) in [6.45, 7) is 4.07. The third kappa shape index (κ3) is 5.83. The Balaban J connectivity index is 1.54. The summed E-state index contributed by atoms with van der Waals surface area (Å²) in [6, 6.07) is 11.9. The van der Waals surface area contributed by atoms with E-state index < -0.39 is 10.0 Å². The van der Waals surface area contributed by atoms with E-state index in [1.165, 1.54) is 19.2 Å². The van der Waals surface area contributed by atoms with Gasteiger partial charge in [0.05, 0.1) is 17.2 Å². The third-order valence-corrected chi connectivity index (χ3v) is 6.26. The highest BCUT2D eigenvalue weighted by Crippen LogP contribution is 2.14. The zero-order chi connectivity index (χ0) is 20.7. The first kappa shape index (κ1) is 21.4. The van der Waals surface area contributed by atoms with E-state index in [1.54, 1.807) is 23.2 Å². The number of aromatic nitrogens is 1. The monoisotopic (exact) mass is 418 g/mol. The summed E-state index contributed by atoms with van der Waals surface area (Å²) >= 11 is 0. The summed E-state index contributed by atoms with van der Waals surface area (Å²) in [6.07, 6.45) is 1.78. The molecule has 0 bridgehead atoms. The first-order valence-corrected chi connectivity index (χ1v) is 11.0. The number of rotatable bonds is 8. The maximum Gasteiger partial charge on any atom is 0.253 e. The number of nitrogens with zero attached hydrogens (tertiary/aromatic N) is 3. The number of ether oxygens (including phenoxy) is 1. The maximum absolute atomic E-state index is 12.8. The van der Waals surface area contributed by atoms with Crippen LogP contribution in [0, 0.1) is 0 Å². The molecule has 0 saturated carbocycles. The van der Waals surface area contributed by atoms with E-state index in [-0.39, 0.29) is 17.3 Å². The van der Waals surface area contributed by atoms with E-state index in [0.717, 1.165) is 25.3 Å². The molecular weight excluding hydrogens is 392 g/mol. The molecule has 2 heterocycles. The number of carbonyl (C=O) groups is 1. The Kier molecular flexibility index (Phi) is 7.32. The molecule has 156 valence electrons. The van der Waals surface area contributed by atoms with Gasteiger partial charge in [-0.2, -0.15) is 0 Å². The van der Waals surface area contributed by atoms with Crippen molar-refractivity contribution in [3.8, 4) is 0 Å². The molecule has 2 aromatic rings. The number of sulfonamides is 1. The van der Waals surface area contributed by atoms with Crippen molar-refractivity contribution in [2.24, 2.45) is 0 Å². The topological polar surface area (TPSA) is 91.8 Å². The van der Waals surface area contributed by atoms with E-state index in [2.05, 4.69) is 14.6 Å². The van der Waals surface area contributed by atoms with Crippen LogP contribution in [0.4, 0.5) is 0 Å². The van der Waals surface area contributed by atoms with E-state index in [4.69, 9.17) is 4.74 Å². The van der Waals surface area contributed by atoms with Gasteiger partial charge in [-0.05, 0) is 36.4 Å². The van der Waals surface area contributed by atoms with Gasteiger partial charge in [0.2, 0.25) is 10.0 Å². The summed E-state index contributed by atoms with van der Waals surface area (Å²) in [5.74, 6) is -0.0845. The van der Waals surface area contributed by atoms with Crippen molar-refractivity contribution >= 4 is 15.9 Å². The zero-order valence-electron chi connectivity index (χ0n) is 16.5. The Bertz CT molecular complexity index is 896. The Labute approximate surface area is 171 Å². The second kappa shape index (κ2) is 9.93. The number of hydrogen-bond donors (Lipinski definition) is 1. The summed E-state index contributed by atoms with van der Waals surface area (Å²) in [7, 11) is -2.10. The van der Waals surface area contributed by atoms with Crippen LogP contribution in [0.5, 0.6) is 0 Å². The molecule has 1 N–H and O–H groups in total. The van der Waals surface area contributed by atoms with Crippen molar-refractivity contribution in [3.05, 3.63) is 59.9 Å². The van der Waals surface area contributed by atoms with Crippen molar-refractivity contribution in [2.75, 3.05) is 46.4 Å². The van der Waals surface area contributed by atoms with Gasteiger partial charge in [0.25, 0.3) is 5.91 Å². The fraction of sp³-hybridized carbons (Fsp3) is 0.400. The van der Waals surface area contributed by atoms with Crippen LogP contribution < -0.4 is 4.72 Å². The minimum Gasteiger partial charge on any atom is -0.383 e. The zero-order valence-corrected chi connectivity index (χ0v) is 17.3. The average Bonchev–Trinajstić information content (AvgIpc) is 2.75. The number of hydrogen-bond acceptors (Lipinski definition) is 6. The maximum atomic E-state index is 12.8. The number of benzene rings is 1. The fourth-order valence-electron chi connectivity index (χ4n) is 3.15. The second-order valence-corrected chi connectivity index (χ2v) is 8.57. The molecule has 1 saturated heterocycles. The molecule has 0 atom stereocenters. The molecule has 3 rings (SSSR count). The number of amides is 1. The lowest BCUT2D eigenvalue weighted by Crippen LogP contribution is -2.48. The highest BCUT2D eigenvalue weighted by molar-refractivity contribution is 7.89. The molecule has 0 aliphatic carbocycles. The molecular formula is C20H26N4O4S. The summed E-state index contributed by atoms with van der Waals surface area (Å²) < 4.78 is 31.7. The minimum absolute atomic E-state index is 0.0845. The standard InChI is InChI=1S/C20H26N4O4S/c1-28-15-10-22-29(26,27)19-7-5-17(6-8-19)20(25)24-13-11-23(12-14-24)16-18-4-2-3-9-21-18/h2-9,22H,10-16H2,1H3. The molecule has 8 nitrogen and oxygen atoms in total. The van der Waals surface area contributed by atoms with Gasteiger partial charge in [0.1, 0.15) is 0 Å². The molecule has 0 unspecified atom stereocenters. The molecule has 1 fully saturated rings. The van der Waals surface area contributed by atoms with Crippen LogP contribution in [0.3, 0.4) is 0 Å². The normalized spacial score (nSPS) is 15.4. The number of carbonyl (C=O) groups excluding carboxylic acids is 1. The molecule has 1 aliphatic heterocycles. The van der Waals surface area contributed by atoms with Crippen molar-refractivity contribution in [1.29, 1.82) is 0 Å². The number of pyridine rings is 1. The van der Waals surface area contributed by atoms with Crippen LogP contribution in [-0.2, 0) is 21.3 Å². The predicted octanol–water partition coefficient (Wildman–Crippen LogP) is 0.964. The number of methoxy groups -OCH3 is 1. The van der Waals surface area contributed by atoms with E-state index in [0.29, 0.717) is 25.3 Å². The quantitative estimate of drug-likeness (QED) is 0.642. The second-order valence-electron chi connectivity index (χ2n) is 6.80. The Morgan fingerprint density at radius 3 is 2.45 bits per heavy atom. The van der Waals surface area contributed by atoms with Gasteiger partial charge in [0.15, 0.2) is 0 Å². The Hall–Kier alpha value is -2.33. The van der Waals surface area contributed by atoms with E-state index >= 15 is 0 Å². The Morgan fingerprint density at radius 2 is 1.83 bits per heavy atom. The van der Waals surface area contributed by atoms with Gasteiger partial charge in [0, 0.05) is 58.1 Å².